The van der Waals surface area contributed by atoms with E-state index in [1.807, 2.05) is 37.2 Å². The van der Waals surface area contributed by atoms with Crippen LogP contribution in [0.1, 0.15) is 16.7 Å². The fraction of sp³-hybridized carbons (Fsp3) is 0.588. The van der Waals surface area contributed by atoms with Crippen LogP contribution in [-0.4, -0.2) is 59.9 Å². The van der Waals surface area contributed by atoms with Crippen molar-refractivity contribution in [3.63, 3.8) is 0 Å². The van der Waals surface area contributed by atoms with Crippen LogP contribution < -0.4 is 0 Å². The van der Waals surface area contributed by atoms with Crippen LogP contribution in [0.2, 0.25) is 0 Å². The number of alkyl halides is 6. The van der Waals surface area contributed by atoms with E-state index < -0.39 is 24.5 Å². The third-order valence-corrected chi connectivity index (χ3v) is 5.59. The first-order valence-corrected chi connectivity index (χ1v) is 9.16. The molecule has 1 amide bonds. The number of carbonyl (C=O) groups excluding carboxylic acids is 1. The lowest BCUT2D eigenvalue weighted by atomic mass is 10.1. The molecule has 0 radical (unpaired) electrons. The van der Waals surface area contributed by atoms with Crippen LogP contribution in [0.3, 0.4) is 0 Å². The maximum absolute atomic E-state index is 12.5. The molecule has 2 rings (SSSR count). The molecular formula is C17H20F6N2O2S. The minimum atomic E-state index is -5.72. The topological polar surface area (TPSA) is 32.8 Å². The van der Waals surface area contributed by atoms with E-state index in [0.29, 0.717) is 0 Å². The number of ether oxygens (including phenoxy) is 1. The molecule has 28 heavy (non-hydrogen) atoms. The van der Waals surface area contributed by atoms with Crippen LogP contribution in [0, 0.1) is 20.8 Å². The van der Waals surface area contributed by atoms with Crippen molar-refractivity contribution in [3.05, 3.63) is 28.8 Å². The van der Waals surface area contributed by atoms with Gasteiger partial charge in [0.05, 0.1) is 0 Å². The molecule has 0 N–H and O–H groups in total. The Kier molecular flexibility index (Phi) is 6.80. The molecule has 1 aliphatic rings. The second-order valence-corrected chi connectivity index (χ2v) is 7.69. The summed E-state index contributed by atoms with van der Waals surface area (Å²) in [5, 5.41) is 0. The minimum absolute atomic E-state index is 0.0295. The number of hydrogen-bond acceptors (Lipinski definition) is 4. The molecule has 0 spiro atoms. The Balaban J connectivity index is 1.95. The molecule has 0 aromatic heterocycles. The van der Waals surface area contributed by atoms with Gasteiger partial charge in [-0.3, -0.25) is 0 Å². The normalized spacial score (nSPS) is 16.6. The van der Waals surface area contributed by atoms with Gasteiger partial charge in [-0.2, -0.15) is 26.3 Å². The van der Waals surface area contributed by atoms with Crippen LogP contribution in [0.4, 0.5) is 31.1 Å². The van der Waals surface area contributed by atoms with Crippen molar-refractivity contribution < 1.29 is 35.9 Å². The number of benzene rings is 1. The van der Waals surface area contributed by atoms with Crippen molar-refractivity contribution in [3.8, 4) is 0 Å². The highest BCUT2D eigenvalue weighted by Crippen LogP contribution is 2.36. The molecular weight excluding hydrogens is 410 g/mol. The van der Waals surface area contributed by atoms with Gasteiger partial charge in [-0.1, -0.05) is 17.7 Å². The van der Waals surface area contributed by atoms with Crippen LogP contribution in [0.5, 0.6) is 0 Å². The summed E-state index contributed by atoms with van der Waals surface area (Å²) >= 11 is 1.46. The average Bonchev–Trinajstić information content (AvgIpc) is 2.54. The van der Waals surface area contributed by atoms with Crippen LogP contribution >= 0.6 is 11.9 Å². The molecule has 0 atom stereocenters. The molecule has 0 bridgehead atoms. The summed E-state index contributed by atoms with van der Waals surface area (Å²) in [5.74, 6) is 0. The maximum atomic E-state index is 12.5. The Morgan fingerprint density at radius 3 is 1.86 bits per heavy atom. The summed E-state index contributed by atoms with van der Waals surface area (Å²) < 4.78 is 80.8. The van der Waals surface area contributed by atoms with E-state index in [2.05, 4.69) is 4.74 Å². The Labute approximate surface area is 162 Å². The van der Waals surface area contributed by atoms with E-state index in [1.165, 1.54) is 11.9 Å². The number of nitrogens with zero attached hydrogens (tertiary/aromatic N) is 2. The number of aryl methyl sites for hydroxylation is 3. The second-order valence-electron chi connectivity index (χ2n) is 6.58. The van der Waals surface area contributed by atoms with Crippen molar-refractivity contribution >= 4 is 18.0 Å². The maximum Gasteiger partial charge on any atom is 0.434 e. The first kappa shape index (κ1) is 22.7. The van der Waals surface area contributed by atoms with Gasteiger partial charge >= 0.3 is 18.4 Å². The highest BCUT2D eigenvalue weighted by Gasteiger charge is 2.60. The molecule has 0 saturated carbocycles. The van der Waals surface area contributed by atoms with Gasteiger partial charge in [-0.05, 0) is 43.8 Å². The lowest BCUT2D eigenvalue weighted by Gasteiger charge is -2.34. The Morgan fingerprint density at radius 2 is 1.43 bits per heavy atom. The Morgan fingerprint density at radius 1 is 0.964 bits per heavy atom. The SMILES string of the molecule is Cc1cc(C)c(SN2CCN(C(=O)OC(C(F)(F)F)C(F)(F)F)CC2)c(C)c1. The number of rotatable bonds is 3. The number of piperazine rings is 1. The summed E-state index contributed by atoms with van der Waals surface area (Å²) in [4.78, 5) is 13.7. The first-order valence-electron chi connectivity index (χ1n) is 8.39. The summed E-state index contributed by atoms with van der Waals surface area (Å²) in [6.07, 6.45) is -17.2. The van der Waals surface area contributed by atoms with Crippen molar-refractivity contribution in [2.45, 2.75) is 44.1 Å². The van der Waals surface area contributed by atoms with Gasteiger partial charge in [0.25, 0.3) is 6.10 Å². The zero-order valence-electron chi connectivity index (χ0n) is 15.4. The quantitative estimate of drug-likeness (QED) is 0.506. The number of halogens is 6. The number of carbonyl (C=O) groups is 1. The predicted molar refractivity (Wildman–Crippen MR) is 92.0 cm³/mol. The molecule has 11 heteroatoms. The summed E-state index contributed by atoms with van der Waals surface area (Å²) in [7, 11) is 0. The fourth-order valence-electron chi connectivity index (χ4n) is 2.90. The molecule has 0 unspecified atom stereocenters. The fourth-order valence-corrected chi connectivity index (χ4v) is 3.91. The Hall–Kier alpha value is -1.62. The minimum Gasteiger partial charge on any atom is -0.426 e. The summed E-state index contributed by atoms with van der Waals surface area (Å²) in [6.45, 7) is 6.42. The van der Waals surface area contributed by atoms with Crippen molar-refractivity contribution in [1.82, 2.24) is 9.21 Å². The highest BCUT2D eigenvalue weighted by molar-refractivity contribution is 7.97. The summed E-state index contributed by atoms with van der Waals surface area (Å²) in [5.41, 5.74) is 3.26. The van der Waals surface area contributed by atoms with Gasteiger partial charge < -0.3 is 9.64 Å². The highest BCUT2D eigenvalue weighted by atomic mass is 32.2. The monoisotopic (exact) mass is 430 g/mol. The number of amides is 1. The van der Waals surface area contributed by atoms with E-state index in [4.69, 9.17) is 0 Å². The van der Waals surface area contributed by atoms with Crippen molar-refractivity contribution in [2.75, 3.05) is 26.2 Å². The van der Waals surface area contributed by atoms with Gasteiger partial charge in [0.15, 0.2) is 0 Å². The molecule has 4 nitrogen and oxygen atoms in total. The van der Waals surface area contributed by atoms with E-state index in [1.54, 1.807) is 0 Å². The second kappa shape index (κ2) is 8.40. The van der Waals surface area contributed by atoms with Gasteiger partial charge in [0.1, 0.15) is 0 Å². The van der Waals surface area contributed by atoms with E-state index in [0.717, 1.165) is 26.5 Å². The van der Waals surface area contributed by atoms with E-state index in [-0.39, 0.29) is 26.2 Å². The number of hydrogen-bond donors (Lipinski definition) is 0. The standard InChI is InChI=1S/C17H20F6N2O2S/c1-10-8-11(2)13(12(3)9-10)28-25-6-4-24(5-7-25)15(26)27-14(16(18,19)20)17(21,22)23/h8-9,14H,4-7H2,1-3H3. The predicted octanol–water partition coefficient (Wildman–Crippen LogP) is 4.87. The van der Waals surface area contributed by atoms with Crippen molar-refractivity contribution in [2.24, 2.45) is 0 Å². The van der Waals surface area contributed by atoms with E-state index in [9.17, 15) is 31.1 Å². The molecule has 1 saturated heterocycles. The largest absolute Gasteiger partial charge is 0.434 e. The van der Waals surface area contributed by atoms with Crippen LogP contribution in [-0.2, 0) is 4.74 Å². The van der Waals surface area contributed by atoms with Gasteiger partial charge in [0, 0.05) is 31.1 Å². The Bertz CT molecular complexity index is 678. The molecule has 1 aliphatic heterocycles. The zero-order chi connectivity index (χ0) is 21.3. The molecule has 1 aromatic carbocycles. The lowest BCUT2D eigenvalue weighted by Crippen LogP contribution is -2.51. The average molecular weight is 430 g/mol. The van der Waals surface area contributed by atoms with Crippen LogP contribution in [0.25, 0.3) is 0 Å². The molecule has 0 aliphatic carbocycles. The third kappa shape index (κ3) is 5.69. The van der Waals surface area contributed by atoms with E-state index >= 15 is 0 Å². The lowest BCUT2D eigenvalue weighted by molar-refractivity contribution is -0.308. The molecule has 1 heterocycles. The zero-order valence-corrected chi connectivity index (χ0v) is 16.3. The molecule has 1 aromatic rings. The smallest absolute Gasteiger partial charge is 0.426 e. The summed E-state index contributed by atoms with van der Waals surface area (Å²) in [6, 6.07) is 4.05. The third-order valence-electron chi connectivity index (χ3n) is 4.14. The first-order chi connectivity index (χ1) is 12.8. The van der Waals surface area contributed by atoms with Crippen molar-refractivity contribution in [1.29, 1.82) is 0 Å². The van der Waals surface area contributed by atoms with Gasteiger partial charge in [-0.25, -0.2) is 9.10 Å². The molecule has 1 fully saturated rings. The van der Waals surface area contributed by atoms with Gasteiger partial charge in [-0.15, -0.1) is 0 Å². The van der Waals surface area contributed by atoms with Crippen LogP contribution in [0.15, 0.2) is 17.0 Å². The van der Waals surface area contributed by atoms with Gasteiger partial charge in [0.2, 0.25) is 0 Å². The molecule has 158 valence electrons.